The number of hydrogen-bond donors (Lipinski definition) is 1. The number of rotatable bonds is 7. The van der Waals surface area contributed by atoms with Gasteiger partial charge in [-0.2, -0.15) is 0 Å². The van der Waals surface area contributed by atoms with Crippen molar-refractivity contribution >= 4 is 17.3 Å². The van der Waals surface area contributed by atoms with Crippen molar-refractivity contribution in [1.82, 2.24) is 0 Å². The van der Waals surface area contributed by atoms with Crippen molar-refractivity contribution in [2.75, 3.05) is 29.9 Å². The maximum absolute atomic E-state index is 12.2. The lowest BCUT2D eigenvalue weighted by atomic mass is 10.2. The molecule has 4 heteroatoms. The lowest BCUT2D eigenvalue weighted by molar-refractivity contribution is -0.115. The number of likely N-dealkylation sites (N-methyl/N-ethyl adjacent to an activating group) is 1. The first-order valence-electron chi connectivity index (χ1n) is 7.55. The van der Waals surface area contributed by atoms with Gasteiger partial charge in [-0.3, -0.25) is 4.79 Å². The van der Waals surface area contributed by atoms with E-state index in [1.54, 1.807) is 0 Å². The molecule has 0 aliphatic carbocycles. The average Bonchev–Trinajstić information content (AvgIpc) is 2.54. The molecule has 0 aromatic heterocycles. The van der Waals surface area contributed by atoms with Crippen molar-refractivity contribution in [3.63, 3.8) is 0 Å². The van der Waals surface area contributed by atoms with E-state index in [1.807, 2.05) is 73.3 Å². The Morgan fingerprint density at radius 3 is 2.55 bits per heavy atom. The Bertz CT molecular complexity index is 599. The van der Waals surface area contributed by atoms with Gasteiger partial charge in [0.05, 0.1) is 13.2 Å². The number of ether oxygens (including phenoxy) is 1. The highest BCUT2D eigenvalue weighted by molar-refractivity contribution is 5.94. The van der Waals surface area contributed by atoms with Crippen LogP contribution in [0.4, 0.5) is 11.4 Å². The van der Waals surface area contributed by atoms with E-state index in [1.165, 1.54) is 0 Å². The maximum Gasteiger partial charge on any atom is 0.243 e. The fourth-order valence-corrected chi connectivity index (χ4v) is 2.23. The molecular weight excluding hydrogens is 276 g/mol. The maximum atomic E-state index is 12.2. The molecule has 0 unspecified atom stereocenters. The molecular formula is C18H22N2O2. The second-order valence-electron chi connectivity index (χ2n) is 4.86. The van der Waals surface area contributed by atoms with Crippen LogP contribution in [0.15, 0.2) is 54.6 Å². The van der Waals surface area contributed by atoms with E-state index in [2.05, 4.69) is 5.32 Å². The monoisotopic (exact) mass is 298 g/mol. The molecule has 0 aliphatic rings. The van der Waals surface area contributed by atoms with Gasteiger partial charge in [0.1, 0.15) is 5.75 Å². The Kier molecular flexibility index (Phi) is 5.83. The van der Waals surface area contributed by atoms with Crippen LogP contribution in [0.2, 0.25) is 0 Å². The predicted molar refractivity (Wildman–Crippen MR) is 90.6 cm³/mol. The fraction of sp³-hybridized carbons (Fsp3) is 0.278. The normalized spacial score (nSPS) is 10.1. The molecule has 0 saturated heterocycles. The van der Waals surface area contributed by atoms with Crippen LogP contribution in [0.25, 0.3) is 0 Å². The lowest BCUT2D eigenvalue weighted by Gasteiger charge is -2.22. The summed E-state index contributed by atoms with van der Waals surface area (Å²) in [6, 6.07) is 17.4. The van der Waals surface area contributed by atoms with Gasteiger partial charge in [0.2, 0.25) is 5.91 Å². The molecule has 4 nitrogen and oxygen atoms in total. The molecule has 0 saturated carbocycles. The molecule has 2 aromatic carbocycles. The topological polar surface area (TPSA) is 41.6 Å². The number of nitrogens with zero attached hydrogens (tertiary/aromatic N) is 1. The van der Waals surface area contributed by atoms with E-state index < -0.39 is 0 Å². The molecule has 0 spiro atoms. The molecule has 0 radical (unpaired) electrons. The van der Waals surface area contributed by atoms with Crippen LogP contribution in [0.3, 0.4) is 0 Å². The Morgan fingerprint density at radius 2 is 1.86 bits per heavy atom. The van der Waals surface area contributed by atoms with Crippen molar-refractivity contribution in [2.24, 2.45) is 0 Å². The van der Waals surface area contributed by atoms with Crippen LogP contribution < -0.4 is 15.0 Å². The smallest absolute Gasteiger partial charge is 0.243 e. The minimum atomic E-state index is -0.0423. The van der Waals surface area contributed by atoms with Crippen LogP contribution >= 0.6 is 0 Å². The number of carbonyl (C=O) groups excluding carboxylic acids is 1. The van der Waals surface area contributed by atoms with E-state index >= 15 is 0 Å². The van der Waals surface area contributed by atoms with Crippen LogP contribution in [0.1, 0.15) is 13.8 Å². The molecule has 0 aliphatic heterocycles. The Morgan fingerprint density at radius 1 is 1.09 bits per heavy atom. The molecule has 0 heterocycles. The second kappa shape index (κ2) is 8.08. The second-order valence-corrected chi connectivity index (χ2v) is 4.86. The van der Waals surface area contributed by atoms with Gasteiger partial charge in [-0.25, -0.2) is 0 Å². The quantitative estimate of drug-likeness (QED) is 0.850. The summed E-state index contributed by atoms with van der Waals surface area (Å²) in [6.07, 6.45) is 0. The molecule has 2 rings (SSSR count). The number of amides is 1. The summed E-state index contributed by atoms with van der Waals surface area (Å²) in [5.41, 5.74) is 1.79. The average molecular weight is 298 g/mol. The molecule has 1 amide bonds. The van der Waals surface area contributed by atoms with E-state index in [0.29, 0.717) is 13.2 Å². The summed E-state index contributed by atoms with van der Waals surface area (Å²) < 4.78 is 5.44. The summed E-state index contributed by atoms with van der Waals surface area (Å²) in [4.78, 5) is 14.3. The molecule has 22 heavy (non-hydrogen) atoms. The third-order valence-corrected chi connectivity index (χ3v) is 3.27. The summed E-state index contributed by atoms with van der Waals surface area (Å²) in [5.74, 6) is 0.718. The van der Waals surface area contributed by atoms with E-state index in [0.717, 1.165) is 23.7 Å². The first kappa shape index (κ1) is 15.9. The first-order chi connectivity index (χ1) is 10.7. The minimum absolute atomic E-state index is 0.0423. The molecule has 0 fully saturated rings. The van der Waals surface area contributed by atoms with Crippen molar-refractivity contribution < 1.29 is 9.53 Å². The highest BCUT2D eigenvalue weighted by Gasteiger charge is 2.10. The van der Waals surface area contributed by atoms with E-state index in [4.69, 9.17) is 4.74 Å². The van der Waals surface area contributed by atoms with Gasteiger partial charge in [0.25, 0.3) is 0 Å². The summed E-state index contributed by atoms with van der Waals surface area (Å²) in [7, 11) is 0. The SMILES string of the molecule is CCOc1cccc(NC(=O)CN(CC)c2ccccc2)c1. The molecule has 0 bridgehead atoms. The number of para-hydroxylation sites is 1. The Labute approximate surface area is 131 Å². The lowest BCUT2D eigenvalue weighted by Crippen LogP contribution is -2.33. The molecule has 2 aromatic rings. The highest BCUT2D eigenvalue weighted by atomic mass is 16.5. The zero-order valence-corrected chi connectivity index (χ0v) is 13.1. The van der Waals surface area contributed by atoms with Crippen molar-refractivity contribution in [2.45, 2.75) is 13.8 Å². The van der Waals surface area contributed by atoms with Gasteiger partial charge in [-0.15, -0.1) is 0 Å². The van der Waals surface area contributed by atoms with Gasteiger partial charge in [-0.05, 0) is 38.1 Å². The number of benzene rings is 2. The fourth-order valence-electron chi connectivity index (χ4n) is 2.23. The largest absolute Gasteiger partial charge is 0.494 e. The van der Waals surface area contributed by atoms with Crippen molar-refractivity contribution in [1.29, 1.82) is 0 Å². The van der Waals surface area contributed by atoms with Gasteiger partial charge >= 0.3 is 0 Å². The third-order valence-electron chi connectivity index (χ3n) is 3.27. The predicted octanol–water partition coefficient (Wildman–Crippen LogP) is 3.55. The molecule has 0 atom stereocenters. The van der Waals surface area contributed by atoms with Gasteiger partial charge < -0.3 is 15.0 Å². The van der Waals surface area contributed by atoms with Gasteiger partial charge in [-0.1, -0.05) is 24.3 Å². The highest BCUT2D eigenvalue weighted by Crippen LogP contribution is 2.18. The van der Waals surface area contributed by atoms with Crippen LogP contribution in [-0.4, -0.2) is 25.6 Å². The van der Waals surface area contributed by atoms with Crippen LogP contribution in [0.5, 0.6) is 5.75 Å². The molecule has 116 valence electrons. The zero-order chi connectivity index (χ0) is 15.8. The Balaban J connectivity index is 1.98. The number of anilines is 2. The first-order valence-corrected chi connectivity index (χ1v) is 7.55. The van der Waals surface area contributed by atoms with Crippen molar-refractivity contribution in [3.8, 4) is 5.75 Å². The van der Waals surface area contributed by atoms with E-state index in [-0.39, 0.29) is 5.91 Å². The molecule has 1 N–H and O–H groups in total. The standard InChI is InChI=1S/C18H22N2O2/c1-3-20(16-10-6-5-7-11-16)14-18(21)19-15-9-8-12-17(13-15)22-4-2/h5-13H,3-4,14H2,1-2H3,(H,19,21). The number of hydrogen-bond acceptors (Lipinski definition) is 3. The summed E-state index contributed by atoms with van der Waals surface area (Å²) in [5, 5.41) is 2.91. The van der Waals surface area contributed by atoms with Gasteiger partial charge in [0, 0.05) is 24.0 Å². The zero-order valence-electron chi connectivity index (χ0n) is 13.1. The summed E-state index contributed by atoms with van der Waals surface area (Å²) >= 11 is 0. The van der Waals surface area contributed by atoms with E-state index in [9.17, 15) is 4.79 Å². The third kappa shape index (κ3) is 4.52. The van der Waals surface area contributed by atoms with Gasteiger partial charge in [0.15, 0.2) is 0 Å². The number of nitrogens with one attached hydrogen (secondary N) is 1. The summed E-state index contributed by atoms with van der Waals surface area (Å²) in [6.45, 7) is 5.67. The number of carbonyl (C=O) groups is 1. The van der Waals surface area contributed by atoms with Crippen LogP contribution in [0, 0.1) is 0 Å². The Hall–Kier alpha value is -2.49. The van der Waals surface area contributed by atoms with Crippen molar-refractivity contribution in [3.05, 3.63) is 54.6 Å². The van der Waals surface area contributed by atoms with Crippen LogP contribution in [-0.2, 0) is 4.79 Å². The minimum Gasteiger partial charge on any atom is -0.494 e.